The van der Waals surface area contributed by atoms with Gasteiger partial charge in [-0.15, -0.1) is 0 Å². The molecule has 0 radical (unpaired) electrons. The third-order valence-corrected chi connectivity index (χ3v) is 5.83. The molecule has 3 rings (SSSR count). The molecule has 0 bridgehead atoms. The van der Waals surface area contributed by atoms with Crippen molar-refractivity contribution in [3.63, 3.8) is 0 Å². The summed E-state index contributed by atoms with van der Waals surface area (Å²) in [7, 11) is 3.78. The smallest absolute Gasteiger partial charge is 0.243 e. The summed E-state index contributed by atoms with van der Waals surface area (Å²) in [6.45, 7) is 6.38. The summed E-state index contributed by atoms with van der Waals surface area (Å²) in [5.41, 5.74) is 4.32. The van der Waals surface area contributed by atoms with Crippen molar-refractivity contribution in [1.29, 1.82) is 0 Å². The highest BCUT2D eigenvalue weighted by Crippen LogP contribution is 2.25. The molecule has 2 aromatic rings. The average molecular weight is 409 g/mol. The SMILES string of the molecule is CCc1ccccc1NC(=O)CN(C)C(=O)C(C)N1CCN(C)c2ccccc2C1. The van der Waals surface area contributed by atoms with Crippen molar-refractivity contribution >= 4 is 23.2 Å². The third kappa shape index (κ3) is 5.00. The zero-order valence-corrected chi connectivity index (χ0v) is 18.4. The summed E-state index contributed by atoms with van der Waals surface area (Å²) in [6.07, 6.45) is 0.840. The third-order valence-electron chi connectivity index (χ3n) is 5.83. The number of carbonyl (C=O) groups excluding carboxylic acids is 2. The van der Waals surface area contributed by atoms with Crippen LogP contribution in [0.2, 0.25) is 0 Å². The Kier molecular flexibility index (Phi) is 7.11. The van der Waals surface area contributed by atoms with E-state index < -0.39 is 0 Å². The van der Waals surface area contributed by atoms with Gasteiger partial charge in [0.1, 0.15) is 0 Å². The number of carbonyl (C=O) groups is 2. The van der Waals surface area contributed by atoms with Crippen LogP contribution >= 0.6 is 0 Å². The Balaban J connectivity index is 1.62. The molecule has 6 heteroatoms. The highest BCUT2D eigenvalue weighted by atomic mass is 16.2. The van der Waals surface area contributed by atoms with Crippen LogP contribution in [0.15, 0.2) is 48.5 Å². The summed E-state index contributed by atoms with van der Waals surface area (Å²) in [6, 6.07) is 15.8. The van der Waals surface area contributed by atoms with Crippen LogP contribution in [0.25, 0.3) is 0 Å². The molecule has 0 fully saturated rings. The maximum atomic E-state index is 13.0. The first-order valence-corrected chi connectivity index (χ1v) is 10.6. The number of amides is 2. The number of likely N-dealkylation sites (N-methyl/N-ethyl adjacent to an activating group) is 2. The highest BCUT2D eigenvalue weighted by Gasteiger charge is 2.28. The summed E-state index contributed by atoms with van der Waals surface area (Å²) >= 11 is 0. The van der Waals surface area contributed by atoms with Crippen molar-refractivity contribution in [2.45, 2.75) is 32.9 Å². The molecule has 2 aromatic carbocycles. The second-order valence-electron chi connectivity index (χ2n) is 7.95. The van der Waals surface area contributed by atoms with Gasteiger partial charge < -0.3 is 15.1 Å². The van der Waals surface area contributed by atoms with Gasteiger partial charge in [0.25, 0.3) is 0 Å². The predicted octanol–water partition coefficient (Wildman–Crippen LogP) is 2.99. The van der Waals surface area contributed by atoms with Gasteiger partial charge in [-0.25, -0.2) is 0 Å². The minimum absolute atomic E-state index is 0.0333. The lowest BCUT2D eigenvalue weighted by molar-refractivity contribution is -0.137. The molecule has 0 saturated heterocycles. The maximum absolute atomic E-state index is 13.0. The molecule has 1 atom stereocenters. The molecule has 2 amide bonds. The van der Waals surface area contributed by atoms with E-state index in [2.05, 4.69) is 41.2 Å². The lowest BCUT2D eigenvalue weighted by Crippen LogP contribution is -2.48. The van der Waals surface area contributed by atoms with Crippen molar-refractivity contribution in [3.8, 4) is 0 Å². The Morgan fingerprint density at radius 2 is 1.80 bits per heavy atom. The molecular weight excluding hydrogens is 376 g/mol. The van der Waals surface area contributed by atoms with Crippen molar-refractivity contribution in [3.05, 3.63) is 59.7 Å². The van der Waals surface area contributed by atoms with Crippen LogP contribution < -0.4 is 10.2 Å². The van der Waals surface area contributed by atoms with Crippen LogP contribution in [0.5, 0.6) is 0 Å². The summed E-state index contributed by atoms with van der Waals surface area (Å²) in [5, 5.41) is 2.94. The molecule has 1 heterocycles. The Morgan fingerprint density at radius 1 is 1.10 bits per heavy atom. The minimum atomic E-state index is -0.301. The van der Waals surface area contributed by atoms with E-state index in [1.165, 1.54) is 16.2 Å². The van der Waals surface area contributed by atoms with Crippen LogP contribution in [-0.2, 0) is 22.6 Å². The van der Waals surface area contributed by atoms with Crippen molar-refractivity contribution in [1.82, 2.24) is 9.80 Å². The molecular formula is C24H32N4O2. The molecule has 30 heavy (non-hydrogen) atoms. The number of rotatable bonds is 6. The maximum Gasteiger partial charge on any atom is 0.243 e. The Bertz CT molecular complexity index is 898. The Hall–Kier alpha value is -2.86. The fraction of sp³-hybridized carbons (Fsp3) is 0.417. The van der Waals surface area contributed by atoms with Crippen molar-refractivity contribution in [2.24, 2.45) is 0 Å². The van der Waals surface area contributed by atoms with Gasteiger partial charge in [-0.3, -0.25) is 14.5 Å². The van der Waals surface area contributed by atoms with Gasteiger partial charge in [0.2, 0.25) is 11.8 Å². The first-order chi connectivity index (χ1) is 14.4. The minimum Gasteiger partial charge on any atom is -0.373 e. The first-order valence-electron chi connectivity index (χ1n) is 10.6. The van der Waals surface area contributed by atoms with Gasteiger partial charge in [-0.05, 0) is 36.6 Å². The molecule has 0 aromatic heterocycles. The number of nitrogens with one attached hydrogen (secondary N) is 1. The molecule has 160 valence electrons. The zero-order valence-electron chi connectivity index (χ0n) is 18.4. The molecule has 6 nitrogen and oxygen atoms in total. The number of aryl methyl sites for hydroxylation is 1. The second kappa shape index (κ2) is 9.76. The number of fused-ring (bicyclic) bond motifs is 1. The van der Waals surface area contributed by atoms with Gasteiger partial charge in [-0.1, -0.05) is 43.3 Å². The number of benzene rings is 2. The summed E-state index contributed by atoms with van der Waals surface area (Å²) in [5.74, 6) is -0.226. The Morgan fingerprint density at radius 3 is 2.57 bits per heavy atom. The summed E-state index contributed by atoms with van der Waals surface area (Å²) < 4.78 is 0. The first kappa shape index (κ1) is 21.8. The molecule has 0 saturated carbocycles. The van der Waals surface area contributed by atoms with Crippen molar-refractivity contribution in [2.75, 3.05) is 43.9 Å². The largest absolute Gasteiger partial charge is 0.373 e. The van der Waals surface area contributed by atoms with E-state index >= 15 is 0 Å². The molecule has 0 spiro atoms. The lowest BCUT2D eigenvalue weighted by Gasteiger charge is -2.30. The van der Waals surface area contributed by atoms with E-state index in [1.54, 1.807) is 7.05 Å². The number of nitrogens with zero attached hydrogens (tertiary/aromatic N) is 3. The average Bonchev–Trinajstić information content (AvgIpc) is 2.92. The molecule has 0 aliphatic carbocycles. The standard InChI is InChI=1S/C24H32N4O2/c1-5-19-10-6-8-12-21(19)25-23(29)17-27(4)24(30)18(2)28-15-14-26(3)22-13-9-7-11-20(22)16-28/h6-13,18H,5,14-17H2,1-4H3,(H,25,29). The molecule has 1 aliphatic heterocycles. The fourth-order valence-corrected chi connectivity index (χ4v) is 3.95. The van der Waals surface area contributed by atoms with E-state index in [9.17, 15) is 9.59 Å². The topological polar surface area (TPSA) is 55.9 Å². The van der Waals surface area contributed by atoms with E-state index in [1.807, 2.05) is 43.3 Å². The predicted molar refractivity (Wildman–Crippen MR) is 122 cm³/mol. The lowest BCUT2D eigenvalue weighted by atomic mass is 10.1. The van der Waals surface area contributed by atoms with Crippen LogP contribution in [0, 0.1) is 0 Å². The normalized spacial score (nSPS) is 15.1. The van der Waals surface area contributed by atoms with Crippen LogP contribution in [0.3, 0.4) is 0 Å². The zero-order chi connectivity index (χ0) is 21.7. The number of para-hydroxylation sites is 2. The van der Waals surface area contributed by atoms with E-state index in [0.29, 0.717) is 0 Å². The van der Waals surface area contributed by atoms with E-state index in [4.69, 9.17) is 0 Å². The van der Waals surface area contributed by atoms with Crippen molar-refractivity contribution < 1.29 is 9.59 Å². The number of anilines is 2. The van der Waals surface area contributed by atoms with Crippen LogP contribution in [0.1, 0.15) is 25.0 Å². The fourth-order valence-electron chi connectivity index (χ4n) is 3.95. The number of hydrogen-bond donors (Lipinski definition) is 1. The van der Waals surface area contributed by atoms with Gasteiger partial charge in [-0.2, -0.15) is 0 Å². The monoisotopic (exact) mass is 408 g/mol. The van der Waals surface area contributed by atoms with Gasteiger partial charge in [0, 0.05) is 45.1 Å². The van der Waals surface area contributed by atoms with Crippen LogP contribution in [0.4, 0.5) is 11.4 Å². The van der Waals surface area contributed by atoms with Gasteiger partial charge >= 0.3 is 0 Å². The molecule has 1 unspecified atom stereocenters. The number of hydrogen-bond acceptors (Lipinski definition) is 4. The highest BCUT2D eigenvalue weighted by molar-refractivity contribution is 5.95. The summed E-state index contributed by atoms with van der Waals surface area (Å²) in [4.78, 5) is 31.5. The van der Waals surface area contributed by atoms with Gasteiger partial charge in [0.15, 0.2) is 0 Å². The Labute approximate surface area is 179 Å². The molecule has 1 aliphatic rings. The second-order valence-corrected chi connectivity index (χ2v) is 7.95. The quantitative estimate of drug-likeness (QED) is 0.798. The van der Waals surface area contributed by atoms with E-state index in [-0.39, 0.29) is 24.4 Å². The van der Waals surface area contributed by atoms with Crippen LogP contribution in [-0.4, -0.2) is 61.4 Å². The van der Waals surface area contributed by atoms with E-state index in [0.717, 1.165) is 37.3 Å². The van der Waals surface area contributed by atoms with Gasteiger partial charge in [0.05, 0.1) is 12.6 Å². The molecule has 1 N–H and O–H groups in total.